The van der Waals surface area contributed by atoms with E-state index in [2.05, 4.69) is 16.5 Å². The van der Waals surface area contributed by atoms with Gasteiger partial charge in [0.05, 0.1) is 6.26 Å². The van der Waals surface area contributed by atoms with Crippen LogP contribution in [-0.2, 0) is 14.9 Å². The van der Waals surface area contributed by atoms with Crippen molar-refractivity contribution in [3.05, 3.63) is 94.5 Å². The van der Waals surface area contributed by atoms with Gasteiger partial charge in [0.25, 0.3) is 0 Å². The summed E-state index contributed by atoms with van der Waals surface area (Å²) in [5.74, 6) is 0.0758. The number of anilines is 1. The average Bonchev–Trinajstić information content (AvgIpc) is 2.82. The normalized spacial score (nSPS) is 14.8. The largest absolute Gasteiger partial charge is 0.512 e. The van der Waals surface area contributed by atoms with Gasteiger partial charge in [-0.15, -0.1) is 0 Å². The number of carbonyl (C=O) groups is 1. The minimum absolute atomic E-state index is 0.0980. The van der Waals surface area contributed by atoms with Gasteiger partial charge >= 0.3 is 0 Å². The lowest BCUT2D eigenvalue weighted by Crippen LogP contribution is -2.30. The minimum Gasteiger partial charge on any atom is -0.512 e. The maximum absolute atomic E-state index is 13.6. The second-order valence-corrected chi connectivity index (χ2v) is 9.95. The number of nitrogens with zero attached hydrogens (tertiary/aromatic N) is 2. The lowest BCUT2D eigenvalue weighted by atomic mass is 9.81. The molecule has 0 spiro atoms. The summed E-state index contributed by atoms with van der Waals surface area (Å²) in [7, 11) is 0. The monoisotopic (exact) mass is 509 g/mol. The van der Waals surface area contributed by atoms with E-state index >= 15 is 0 Å². The number of ether oxygens (including phenoxy) is 1. The predicted octanol–water partition coefficient (Wildman–Crippen LogP) is 6.53. The fourth-order valence-electron chi connectivity index (χ4n) is 4.25. The molecule has 1 aromatic carbocycles. The number of aromatic nitrogens is 2. The molecule has 8 heteroatoms. The summed E-state index contributed by atoms with van der Waals surface area (Å²) in [5.41, 5.74) is 8.08. The van der Waals surface area contributed by atoms with Crippen LogP contribution in [0.3, 0.4) is 0 Å². The molecule has 37 heavy (non-hydrogen) atoms. The van der Waals surface area contributed by atoms with E-state index in [0.29, 0.717) is 41.6 Å². The molecule has 2 rings (SSSR count). The predicted molar refractivity (Wildman–Crippen MR) is 144 cm³/mol. The smallest absolute Gasteiger partial charge is 0.162 e. The first-order valence-corrected chi connectivity index (χ1v) is 11.8. The SMILES string of the molecule is C=C(O/C=C(\C)CC(C)(C)C(O)=CO)C(C)(C=O)c1c(C)nc(/C(=C/C)c2ccc(F)cc2C)nc1N. The van der Waals surface area contributed by atoms with Crippen LogP contribution in [0.25, 0.3) is 5.57 Å². The summed E-state index contributed by atoms with van der Waals surface area (Å²) >= 11 is 0. The number of benzene rings is 1. The molecule has 0 aliphatic carbocycles. The van der Waals surface area contributed by atoms with E-state index in [-0.39, 0.29) is 23.2 Å². The Bertz CT molecular complexity index is 1270. The van der Waals surface area contributed by atoms with Crippen molar-refractivity contribution >= 4 is 17.7 Å². The quantitative estimate of drug-likeness (QED) is 0.246. The Kier molecular flexibility index (Phi) is 9.03. The number of rotatable bonds is 10. The Hall–Kier alpha value is -3.94. The van der Waals surface area contributed by atoms with Crippen molar-refractivity contribution in [2.24, 2.45) is 5.41 Å². The Labute approximate surface area is 217 Å². The van der Waals surface area contributed by atoms with Gasteiger partial charge in [-0.1, -0.05) is 32.6 Å². The van der Waals surface area contributed by atoms with Crippen molar-refractivity contribution in [1.29, 1.82) is 0 Å². The van der Waals surface area contributed by atoms with E-state index in [1.165, 1.54) is 18.4 Å². The van der Waals surface area contributed by atoms with Gasteiger partial charge in [0, 0.05) is 22.2 Å². The maximum atomic E-state index is 13.6. The summed E-state index contributed by atoms with van der Waals surface area (Å²) < 4.78 is 19.4. The number of nitrogens with two attached hydrogens (primary N) is 1. The third kappa shape index (κ3) is 6.25. The van der Waals surface area contributed by atoms with Crippen LogP contribution >= 0.6 is 0 Å². The van der Waals surface area contributed by atoms with Crippen molar-refractivity contribution in [3.8, 4) is 0 Å². The molecular formula is C29H36FN3O4. The number of hydrogen-bond donors (Lipinski definition) is 3. The molecule has 1 unspecified atom stereocenters. The van der Waals surface area contributed by atoms with E-state index in [4.69, 9.17) is 15.6 Å². The Morgan fingerprint density at radius 2 is 1.89 bits per heavy atom. The Balaban J connectivity index is 2.43. The van der Waals surface area contributed by atoms with E-state index in [1.807, 2.05) is 13.0 Å². The second-order valence-electron chi connectivity index (χ2n) is 9.95. The zero-order valence-corrected chi connectivity index (χ0v) is 22.5. The van der Waals surface area contributed by atoms with Gasteiger partial charge in [-0.3, -0.25) is 0 Å². The molecule has 0 aliphatic heterocycles. The maximum Gasteiger partial charge on any atom is 0.162 e. The summed E-state index contributed by atoms with van der Waals surface area (Å²) in [6.07, 6.45) is 5.02. The summed E-state index contributed by atoms with van der Waals surface area (Å²) in [6.45, 7) is 16.3. The Morgan fingerprint density at radius 1 is 1.24 bits per heavy atom. The molecule has 0 fully saturated rings. The number of aliphatic hydroxyl groups excluding tert-OH is 2. The number of aliphatic hydroxyl groups is 2. The minimum atomic E-state index is -1.35. The number of hydrogen-bond acceptors (Lipinski definition) is 7. The highest BCUT2D eigenvalue weighted by Gasteiger charge is 2.37. The molecule has 2 aromatic rings. The standard InChI is InChI=1S/C29H36FN3O4/c1-9-22(23-11-10-21(30)12-18(23)3)27-32-19(4)25(26(31)33-27)29(8,16-35)20(5)37-15-17(2)13-28(6,7)24(36)14-34/h9-12,14-16,34,36H,5,13H2,1-4,6-8H3,(H2,31,32,33)/b17-15+,22-9+,24-14?. The summed E-state index contributed by atoms with van der Waals surface area (Å²) in [4.78, 5) is 21.5. The lowest BCUT2D eigenvalue weighted by Gasteiger charge is -2.28. The van der Waals surface area contributed by atoms with E-state index in [9.17, 15) is 14.3 Å². The third-order valence-corrected chi connectivity index (χ3v) is 6.40. The van der Waals surface area contributed by atoms with Crippen molar-refractivity contribution in [1.82, 2.24) is 9.97 Å². The molecule has 1 aromatic heterocycles. The number of aryl methyl sites for hydroxylation is 2. The van der Waals surface area contributed by atoms with Gasteiger partial charge in [-0.2, -0.15) is 0 Å². The summed E-state index contributed by atoms with van der Waals surface area (Å²) in [5, 5.41) is 19.0. The number of allylic oxidation sites excluding steroid dienone is 4. The van der Waals surface area contributed by atoms with Crippen molar-refractivity contribution in [2.45, 2.75) is 60.3 Å². The van der Waals surface area contributed by atoms with E-state index in [0.717, 1.165) is 16.7 Å². The zero-order valence-electron chi connectivity index (χ0n) is 22.5. The first-order chi connectivity index (χ1) is 17.2. The van der Waals surface area contributed by atoms with Crippen LogP contribution in [0.5, 0.6) is 0 Å². The third-order valence-electron chi connectivity index (χ3n) is 6.40. The first-order valence-electron chi connectivity index (χ1n) is 11.8. The number of aldehydes is 1. The average molecular weight is 510 g/mol. The van der Waals surface area contributed by atoms with Gasteiger partial charge in [0.1, 0.15) is 41.1 Å². The van der Waals surface area contributed by atoms with Crippen LogP contribution in [0.2, 0.25) is 0 Å². The van der Waals surface area contributed by atoms with E-state index in [1.54, 1.807) is 47.6 Å². The van der Waals surface area contributed by atoms with E-state index < -0.39 is 10.8 Å². The van der Waals surface area contributed by atoms with Crippen LogP contribution < -0.4 is 5.73 Å². The molecule has 1 atom stereocenters. The highest BCUT2D eigenvalue weighted by molar-refractivity contribution is 5.80. The molecule has 0 saturated heterocycles. The number of carbonyl (C=O) groups excluding carboxylic acids is 1. The highest BCUT2D eigenvalue weighted by atomic mass is 19.1. The zero-order chi connectivity index (χ0) is 28.1. The molecule has 198 valence electrons. The molecule has 0 bridgehead atoms. The molecule has 4 N–H and O–H groups in total. The van der Waals surface area contributed by atoms with Gasteiger partial charge in [-0.25, -0.2) is 14.4 Å². The lowest BCUT2D eigenvalue weighted by molar-refractivity contribution is -0.111. The fourth-order valence-corrected chi connectivity index (χ4v) is 4.25. The fraction of sp³-hybridized carbons (Fsp3) is 0.345. The number of nitrogen functional groups attached to an aromatic ring is 1. The second kappa shape index (κ2) is 11.4. The highest BCUT2D eigenvalue weighted by Crippen LogP contribution is 2.37. The molecule has 1 heterocycles. The van der Waals surface area contributed by atoms with Crippen LogP contribution in [0.4, 0.5) is 10.2 Å². The van der Waals surface area contributed by atoms with Crippen LogP contribution in [0, 0.1) is 25.1 Å². The topological polar surface area (TPSA) is 119 Å². The summed E-state index contributed by atoms with van der Waals surface area (Å²) in [6, 6.07) is 4.48. The molecule has 0 saturated carbocycles. The van der Waals surface area contributed by atoms with Crippen LogP contribution in [-0.4, -0.2) is 26.5 Å². The van der Waals surface area contributed by atoms with Gasteiger partial charge in [0.15, 0.2) is 5.82 Å². The van der Waals surface area contributed by atoms with Gasteiger partial charge in [-0.05, 0) is 69.9 Å². The number of halogens is 1. The molecule has 7 nitrogen and oxygen atoms in total. The van der Waals surface area contributed by atoms with Crippen molar-refractivity contribution in [2.75, 3.05) is 5.73 Å². The van der Waals surface area contributed by atoms with Crippen LogP contribution in [0.15, 0.2) is 60.5 Å². The molecular weight excluding hydrogens is 473 g/mol. The molecule has 0 aliphatic rings. The van der Waals surface area contributed by atoms with Gasteiger partial charge < -0.3 is 25.5 Å². The van der Waals surface area contributed by atoms with Crippen molar-refractivity contribution < 1.29 is 24.1 Å². The first kappa shape index (κ1) is 29.3. The van der Waals surface area contributed by atoms with Crippen molar-refractivity contribution in [3.63, 3.8) is 0 Å². The molecule has 0 radical (unpaired) electrons. The van der Waals surface area contributed by atoms with Crippen LogP contribution in [0.1, 0.15) is 69.2 Å². The molecule has 0 amide bonds. The van der Waals surface area contributed by atoms with Gasteiger partial charge in [0.2, 0.25) is 0 Å². The Morgan fingerprint density at radius 3 is 2.41 bits per heavy atom.